The van der Waals surface area contributed by atoms with Crippen LogP contribution in [-0.2, 0) is 0 Å². The third kappa shape index (κ3) is 2.55. The predicted octanol–water partition coefficient (Wildman–Crippen LogP) is 2.95. The molecule has 0 saturated carbocycles. The van der Waals surface area contributed by atoms with Crippen LogP contribution in [0.15, 0.2) is 48.5 Å². The summed E-state index contributed by atoms with van der Waals surface area (Å²) < 4.78 is 0. The minimum Gasteiger partial charge on any atom is -0.320 e. The van der Waals surface area contributed by atoms with E-state index in [2.05, 4.69) is 0 Å². The van der Waals surface area contributed by atoms with E-state index in [9.17, 15) is 10.1 Å². The number of nitro benzene ring substituents is 1. The average molecular weight is 242 g/mol. The van der Waals surface area contributed by atoms with Gasteiger partial charge < -0.3 is 5.73 Å². The summed E-state index contributed by atoms with van der Waals surface area (Å²) in [6.45, 7) is 1.83. The molecular weight excluding hydrogens is 228 g/mol. The second kappa shape index (κ2) is 4.98. The monoisotopic (exact) mass is 242 g/mol. The minimum absolute atomic E-state index is 0.0800. The maximum atomic E-state index is 10.8. The van der Waals surface area contributed by atoms with Gasteiger partial charge in [-0.05, 0) is 23.6 Å². The first kappa shape index (κ1) is 12.3. The summed E-state index contributed by atoms with van der Waals surface area (Å²) in [6, 6.07) is 14.2. The molecule has 4 heteroatoms. The molecule has 0 saturated heterocycles. The highest BCUT2D eigenvalue weighted by molar-refractivity contribution is 5.43. The third-order valence-corrected chi connectivity index (χ3v) is 2.81. The number of hydrogen-bond acceptors (Lipinski definition) is 3. The minimum atomic E-state index is -0.395. The number of benzene rings is 2. The fourth-order valence-electron chi connectivity index (χ4n) is 1.93. The predicted molar refractivity (Wildman–Crippen MR) is 70.3 cm³/mol. The lowest BCUT2D eigenvalue weighted by Gasteiger charge is -2.13. The van der Waals surface area contributed by atoms with Crippen molar-refractivity contribution in [3.63, 3.8) is 0 Å². The molecule has 2 rings (SSSR count). The van der Waals surface area contributed by atoms with Crippen molar-refractivity contribution < 1.29 is 4.92 Å². The molecule has 92 valence electrons. The average Bonchev–Trinajstić information content (AvgIpc) is 2.38. The van der Waals surface area contributed by atoms with Gasteiger partial charge in [0.25, 0.3) is 5.69 Å². The first-order valence-electron chi connectivity index (χ1n) is 5.64. The largest absolute Gasteiger partial charge is 0.320 e. The molecule has 0 aromatic heterocycles. The highest BCUT2D eigenvalue weighted by Crippen LogP contribution is 2.24. The first-order valence-corrected chi connectivity index (χ1v) is 5.64. The molecule has 4 nitrogen and oxygen atoms in total. The van der Waals surface area contributed by atoms with Crippen molar-refractivity contribution in [2.45, 2.75) is 13.0 Å². The molecule has 2 aromatic rings. The van der Waals surface area contributed by atoms with Crippen molar-refractivity contribution in [3.05, 3.63) is 75.3 Å². The van der Waals surface area contributed by atoms with Gasteiger partial charge in [0.1, 0.15) is 0 Å². The smallest absolute Gasteiger partial charge is 0.270 e. The van der Waals surface area contributed by atoms with Gasteiger partial charge in [0.2, 0.25) is 0 Å². The molecule has 0 aliphatic carbocycles. The Morgan fingerprint density at radius 3 is 2.39 bits per heavy atom. The number of non-ortho nitro benzene ring substituents is 1. The Morgan fingerprint density at radius 2 is 1.78 bits per heavy atom. The lowest BCUT2D eigenvalue weighted by atomic mass is 9.98. The van der Waals surface area contributed by atoms with Gasteiger partial charge in [-0.15, -0.1) is 0 Å². The van der Waals surface area contributed by atoms with E-state index >= 15 is 0 Å². The van der Waals surface area contributed by atoms with E-state index in [4.69, 9.17) is 5.73 Å². The van der Waals surface area contributed by atoms with Crippen LogP contribution in [0.1, 0.15) is 22.7 Å². The topological polar surface area (TPSA) is 69.2 Å². The van der Waals surface area contributed by atoms with E-state index in [0.717, 1.165) is 16.7 Å². The Labute approximate surface area is 105 Å². The first-order chi connectivity index (χ1) is 8.58. The molecular formula is C14H14N2O2. The van der Waals surface area contributed by atoms with Crippen molar-refractivity contribution in [2.75, 3.05) is 0 Å². The van der Waals surface area contributed by atoms with E-state index in [-0.39, 0.29) is 11.7 Å². The van der Waals surface area contributed by atoms with Crippen LogP contribution in [0.5, 0.6) is 0 Å². The molecule has 2 N–H and O–H groups in total. The van der Waals surface area contributed by atoms with Gasteiger partial charge in [-0.1, -0.05) is 36.4 Å². The normalized spacial score (nSPS) is 12.1. The van der Waals surface area contributed by atoms with Crippen LogP contribution in [0.2, 0.25) is 0 Å². The highest BCUT2D eigenvalue weighted by atomic mass is 16.6. The van der Waals surface area contributed by atoms with Gasteiger partial charge in [-0.3, -0.25) is 10.1 Å². The van der Waals surface area contributed by atoms with E-state index in [1.807, 2.05) is 43.3 Å². The van der Waals surface area contributed by atoms with Crippen molar-refractivity contribution >= 4 is 5.69 Å². The second-order valence-electron chi connectivity index (χ2n) is 4.25. The third-order valence-electron chi connectivity index (χ3n) is 2.81. The Hall–Kier alpha value is -2.20. The Balaban J connectivity index is 2.42. The molecule has 0 fully saturated rings. The van der Waals surface area contributed by atoms with Crippen LogP contribution in [-0.4, -0.2) is 4.92 Å². The number of aryl methyl sites for hydroxylation is 1. The number of hydrogen-bond donors (Lipinski definition) is 1. The van der Waals surface area contributed by atoms with Gasteiger partial charge in [-0.2, -0.15) is 0 Å². The molecule has 0 heterocycles. The zero-order valence-corrected chi connectivity index (χ0v) is 10.0. The molecule has 0 amide bonds. The van der Waals surface area contributed by atoms with Gasteiger partial charge in [0.05, 0.1) is 11.0 Å². The van der Waals surface area contributed by atoms with Crippen LogP contribution in [0, 0.1) is 17.0 Å². The zero-order chi connectivity index (χ0) is 13.1. The summed E-state index contributed by atoms with van der Waals surface area (Å²) >= 11 is 0. The van der Waals surface area contributed by atoms with Crippen molar-refractivity contribution in [3.8, 4) is 0 Å². The summed E-state index contributed by atoms with van der Waals surface area (Å²) in [5.74, 6) is 0. The van der Waals surface area contributed by atoms with Crippen LogP contribution >= 0.6 is 0 Å². The molecule has 0 spiro atoms. The van der Waals surface area contributed by atoms with Gasteiger partial charge in [0.15, 0.2) is 0 Å². The Kier molecular flexibility index (Phi) is 3.39. The number of nitrogens with zero attached hydrogens (tertiary/aromatic N) is 1. The lowest BCUT2D eigenvalue weighted by Crippen LogP contribution is -2.12. The molecule has 2 aromatic carbocycles. The van der Waals surface area contributed by atoms with Crippen molar-refractivity contribution in [1.29, 1.82) is 0 Å². The molecule has 0 bridgehead atoms. The fourth-order valence-corrected chi connectivity index (χ4v) is 1.93. The maximum Gasteiger partial charge on any atom is 0.270 e. The summed E-state index contributed by atoms with van der Waals surface area (Å²) in [5, 5.41) is 10.8. The SMILES string of the molecule is Cc1cc(C(N)c2ccccc2)cc([N+](=O)[O-])c1. The van der Waals surface area contributed by atoms with E-state index in [0.29, 0.717) is 0 Å². The number of nitro groups is 1. The molecule has 0 aliphatic rings. The second-order valence-corrected chi connectivity index (χ2v) is 4.25. The van der Waals surface area contributed by atoms with Gasteiger partial charge in [-0.25, -0.2) is 0 Å². The summed E-state index contributed by atoms with van der Waals surface area (Å²) in [5.41, 5.74) is 8.75. The molecule has 0 radical (unpaired) electrons. The standard InChI is InChI=1S/C14H14N2O2/c1-10-7-12(9-13(8-10)16(17)18)14(15)11-5-3-2-4-6-11/h2-9,14H,15H2,1H3. The Morgan fingerprint density at radius 1 is 1.11 bits per heavy atom. The molecule has 0 aliphatic heterocycles. The van der Waals surface area contributed by atoms with Gasteiger partial charge in [0, 0.05) is 12.1 Å². The molecule has 18 heavy (non-hydrogen) atoms. The van der Waals surface area contributed by atoms with Crippen LogP contribution < -0.4 is 5.73 Å². The summed E-state index contributed by atoms with van der Waals surface area (Å²) in [6.07, 6.45) is 0. The quantitative estimate of drug-likeness (QED) is 0.664. The lowest BCUT2D eigenvalue weighted by molar-refractivity contribution is -0.385. The molecule has 1 unspecified atom stereocenters. The van der Waals surface area contributed by atoms with E-state index < -0.39 is 4.92 Å². The van der Waals surface area contributed by atoms with Gasteiger partial charge >= 0.3 is 0 Å². The van der Waals surface area contributed by atoms with Crippen LogP contribution in [0.25, 0.3) is 0 Å². The number of nitrogens with two attached hydrogens (primary N) is 1. The van der Waals surface area contributed by atoms with E-state index in [1.165, 1.54) is 6.07 Å². The molecule has 1 atom stereocenters. The van der Waals surface area contributed by atoms with Crippen molar-refractivity contribution in [2.24, 2.45) is 5.73 Å². The Bertz CT molecular complexity index is 567. The van der Waals surface area contributed by atoms with Crippen LogP contribution in [0.3, 0.4) is 0 Å². The summed E-state index contributed by atoms with van der Waals surface area (Å²) in [7, 11) is 0. The van der Waals surface area contributed by atoms with Crippen LogP contribution in [0.4, 0.5) is 5.69 Å². The van der Waals surface area contributed by atoms with Crippen molar-refractivity contribution in [1.82, 2.24) is 0 Å². The maximum absolute atomic E-state index is 10.8. The zero-order valence-electron chi connectivity index (χ0n) is 10.0. The number of rotatable bonds is 3. The fraction of sp³-hybridized carbons (Fsp3) is 0.143. The highest BCUT2D eigenvalue weighted by Gasteiger charge is 2.14. The van der Waals surface area contributed by atoms with E-state index in [1.54, 1.807) is 6.07 Å². The summed E-state index contributed by atoms with van der Waals surface area (Å²) in [4.78, 5) is 10.4.